The molecule has 0 radical (unpaired) electrons. The standard InChI is InChI=1S/C14H21N5O/c1-11(2)20-13-10-12(3)17-14(18-13)15-6-4-8-19-9-5-7-16-19/h5,7,9-11H,4,6,8H2,1-3H3,(H,15,17,18). The summed E-state index contributed by atoms with van der Waals surface area (Å²) in [6, 6.07) is 3.77. The van der Waals surface area contributed by atoms with Crippen molar-refractivity contribution >= 4 is 5.95 Å². The highest BCUT2D eigenvalue weighted by Crippen LogP contribution is 2.13. The normalized spacial score (nSPS) is 10.8. The molecule has 0 atom stereocenters. The van der Waals surface area contributed by atoms with E-state index in [0.29, 0.717) is 11.8 Å². The van der Waals surface area contributed by atoms with E-state index in [9.17, 15) is 0 Å². The predicted octanol–water partition coefficient (Wildman–Crippen LogP) is 2.27. The number of hydrogen-bond acceptors (Lipinski definition) is 5. The third-order valence-corrected chi connectivity index (χ3v) is 2.59. The number of hydrogen-bond donors (Lipinski definition) is 1. The van der Waals surface area contributed by atoms with E-state index >= 15 is 0 Å². The summed E-state index contributed by atoms with van der Waals surface area (Å²) >= 11 is 0. The number of anilines is 1. The lowest BCUT2D eigenvalue weighted by Gasteiger charge is -2.11. The van der Waals surface area contributed by atoms with Crippen molar-refractivity contribution in [2.75, 3.05) is 11.9 Å². The zero-order valence-corrected chi connectivity index (χ0v) is 12.2. The summed E-state index contributed by atoms with van der Waals surface area (Å²) in [4.78, 5) is 8.69. The van der Waals surface area contributed by atoms with Gasteiger partial charge < -0.3 is 10.1 Å². The lowest BCUT2D eigenvalue weighted by molar-refractivity contribution is 0.232. The van der Waals surface area contributed by atoms with Crippen LogP contribution < -0.4 is 10.1 Å². The van der Waals surface area contributed by atoms with E-state index < -0.39 is 0 Å². The molecule has 0 unspecified atom stereocenters. The largest absolute Gasteiger partial charge is 0.475 e. The Hall–Kier alpha value is -2.11. The molecule has 0 aliphatic rings. The van der Waals surface area contributed by atoms with E-state index in [0.717, 1.165) is 25.2 Å². The number of rotatable bonds is 7. The number of aromatic nitrogens is 4. The summed E-state index contributed by atoms with van der Waals surface area (Å²) in [6.07, 6.45) is 4.81. The summed E-state index contributed by atoms with van der Waals surface area (Å²) in [5, 5.41) is 7.38. The number of ether oxygens (including phenoxy) is 1. The van der Waals surface area contributed by atoms with E-state index in [1.165, 1.54) is 0 Å². The molecule has 20 heavy (non-hydrogen) atoms. The lowest BCUT2D eigenvalue weighted by atomic mass is 10.4. The molecule has 0 fully saturated rings. The Morgan fingerprint density at radius 3 is 2.90 bits per heavy atom. The molecule has 0 aromatic carbocycles. The molecule has 1 N–H and O–H groups in total. The van der Waals surface area contributed by atoms with Gasteiger partial charge in [0, 0.05) is 37.2 Å². The topological polar surface area (TPSA) is 64.9 Å². The van der Waals surface area contributed by atoms with Crippen LogP contribution in [0.5, 0.6) is 5.88 Å². The van der Waals surface area contributed by atoms with Gasteiger partial charge in [-0.3, -0.25) is 4.68 Å². The molecule has 6 heteroatoms. The third kappa shape index (κ3) is 4.53. The second-order valence-corrected chi connectivity index (χ2v) is 4.89. The summed E-state index contributed by atoms with van der Waals surface area (Å²) < 4.78 is 7.50. The SMILES string of the molecule is Cc1cc(OC(C)C)nc(NCCCn2cccn2)n1. The number of nitrogens with one attached hydrogen (secondary N) is 1. The summed E-state index contributed by atoms with van der Waals surface area (Å²) in [7, 11) is 0. The van der Waals surface area contributed by atoms with E-state index in [1.54, 1.807) is 6.20 Å². The van der Waals surface area contributed by atoms with Crippen molar-refractivity contribution in [3.8, 4) is 5.88 Å². The van der Waals surface area contributed by atoms with Gasteiger partial charge in [-0.15, -0.1) is 0 Å². The summed E-state index contributed by atoms with van der Waals surface area (Å²) in [5.41, 5.74) is 0.894. The van der Waals surface area contributed by atoms with Crippen LogP contribution in [0.25, 0.3) is 0 Å². The molecule has 0 amide bonds. The Balaban J connectivity index is 1.84. The molecule has 2 aromatic heterocycles. The first-order chi connectivity index (χ1) is 9.63. The minimum absolute atomic E-state index is 0.108. The van der Waals surface area contributed by atoms with Crippen molar-refractivity contribution in [2.24, 2.45) is 0 Å². The molecule has 2 aromatic rings. The highest BCUT2D eigenvalue weighted by Gasteiger charge is 2.04. The lowest BCUT2D eigenvalue weighted by Crippen LogP contribution is -2.12. The fourth-order valence-corrected chi connectivity index (χ4v) is 1.79. The first-order valence-corrected chi connectivity index (χ1v) is 6.87. The minimum atomic E-state index is 0.108. The van der Waals surface area contributed by atoms with Crippen molar-refractivity contribution in [1.82, 2.24) is 19.7 Å². The Labute approximate surface area is 119 Å². The van der Waals surface area contributed by atoms with Crippen LogP contribution >= 0.6 is 0 Å². The first-order valence-electron chi connectivity index (χ1n) is 6.87. The van der Waals surface area contributed by atoms with E-state index in [1.807, 2.05) is 43.8 Å². The average Bonchev–Trinajstić information content (AvgIpc) is 2.86. The molecule has 0 saturated heterocycles. The van der Waals surface area contributed by atoms with Gasteiger partial charge in [0.25, 0.3) is 0 Å². The van der Waals surface area contributed by atoms with Gasteiger partial charge in [0.05, 0.1) is 6.10 Å². The molecule has 0 aliphatic carbocycles. The van der Waals surface area contributed by atoms with Crippen LogP contribution in [0.2, 0.25) is 0 Å². The van der Waals surface area contributed by atoms with Gasteiger partial charge in [-0.25, -0.2) is 4.98 Å². The fraction of sp³-hybridized carbons (Fsp3) is 0.500. The Morgan fingerprint density at radius 2 is 2.20 bits per heavy atom. The smallest absolute Gasteiger partial charge is 0.226 e. The van der Waals surface area contributed by atoms with E-state index in [2.05, 4.69) is 20.4 Å². The fourth-order valence-electron chi connectivity index (χ4n) is 1.79. The van der Waals surface area contributed by atoms with Gasteiger partial charge in [-0.2, -0.15) is 10.1 Å². The first kappa shape index (κ1) is 14.3. The Bertz CT molecular complexity index is 524. The van der Waals surface area contributed by atoms with Crippen LogP contribution in [0.1, 0.15) is 26.0 Å². The predicted molar refractivity (Wildman–Crippen MR) is 77.9 cm³/mol. The monoisotopic (exact) mass is 275 g/mol. The van der Waals surface area contributed by atoms with Crippen LogP contribution in [-0.4, -0.2) is 32.4 Å². The van der Waals surface area contributed by atoms with Crippen LogP contribution in [0.15, 0.2) is 24.5 Å². The summed E-state index contributed by atoms with van der Waals surface area (Å²) in [6.45, 7) is 7.57. The van der Waals surface area contributed by atoms with Crippen LogP contribution in [0, 0.1) is 6.92 Å². The molecule has 108 valence electrons. The highest BCUT2D eigenvalue weighted by atomic mass is 16.5. The van der Waals surface area contributed by atoms with E-state index in [4.69, 9.17) is 4.74 Å². The maximum atomic E-state index is 5.60. The van der Waals surface area contributed by atoms with Crippen molar-refractivity contribution in [3.63, 3.8) is 0 Å². The molecule has 0 aliphatic heterocycles. The molecule has 0 bridgehead atoms. The van der Waals surface area contributed by atoms with Crippen molar-refractivity contribution in [3.05, 3.63) is 30.2 Å². The highest BCUT2D eigenvalue weighted by molar-refractivity contribution is 5.30. The van der Waals surface area contributed by atoms with Gasteiger partial charge in [-0.05, 0) is 33.3 Å². The molecule has 2 rings (SSSR count). The minimum Gasteiger partial charge on any atom is -0.475 e. The van der Waals surface area contributed by atoms with Gasteiger partial charge in [-0.1, -0.05) is 0 Å². The van der Waals surface area contributed by atoms with Crippen molar-refractivity contribution in [1.29, 1.82) is 0 Å². The second-order valence-electron chi connectivity index (χ2n) is 4.89. The molecule has 0 saturated carbocycles. The molecular formula is C14H21N5O. The average molecular weight is 275 g/mol. The zero-order chi connectivity index (χ0) is 14.4. The van der Waals surface area contributed by atoms with Gasteiger partial charge in [0.15, 0.2) is 0 Å². The Morgan fingerprint density at radius 1 is 1.35 bits per heavy atom. The second kappa shape index (κ2) is 6.88. The number of aryl methyl sites for hydroxylation is 2. The van der Waals surface area contributed by atoms with Crippen molar-refractivity contribution in [2.45, 2.75) is 39.8 Å². The van der Waals surface area contributed by atoms with Crippen molar-refractivity contribution < 1.29 is 4.74 Å². The van der Waals surface area contributed by atoms with Gasteiger partial charge in [0.2, 0.25) is 11.8 Å². The van der Waals surface area contributed by atoms with Crippen LogP contribution in [0.3, 0.4) is 0 Å². The third-order valence-electron chi connectivity index (χ3n) is 2.59. The molecular weight excluding hydrogens is 254 g/mol. The maximum absolute atomic E-state index is 5.60. The molecule has 6 nitrogen and oxygen atoms in total. The molecule has 2 heterocycles. The van der Waals surface area contributed by atoms with E-state index in [-0.39, 0.29) is 6.10 Å². The molecule has 0 spiro atoms. The number of nitrogens with zero attached hydrogens (tertiary/aromatic N) is 4. The quantitative estimate of drug-likeness (QED) is 0.785. The van der Waals surface area contributed by atoms with Crippen LogP contribution in [0.4, 0.5) is 5.95 Å². The van der Waals surface area contributed by atoms with Gasteiger partial charge >= 0.3 is 0 Å². The van der Waals surface area contributed by atoms with Crippen LogP contribution in [-0.2, 0) is 6.54 Å². The summed E-state index contributed by atoms with van der Waals surface area (Å²) in [5.74, 6) is 1.23. The maximum Gasteiger partial charge on any atom is 0.226 e. The van der Waals surface area contributed by atoms with Gasteiger partial charge in [0.1, 0.15) is 0 Å². The zero-order valence-electron chi connectivity index (χ0n) is 12.2. The Kier molecular flexibility index (Phi) is 4.92.